The maximum Gasteiger partial charge on any atom is 0.247 e. The number of nitrogens with one attached hydrogen (secondary N) is 3. The van der Waals surface area contributed by atoms with Gasteiger partial charge in [0.15, 0.2) is 5.82 Å². The molecule has 1 amide bonds. The third-order valence-electron chi connectivity index (χ3n) is 3.28. The number of halogens is 2. The Morgan fingerprint density at radius 2 is 2.15 bits per heavy atom. The van der Waals surface area contributed by atoms with Crippen LogP contribution in [-0.4, -0.2) is 20.2 Å². The first-order chi connectivity index (χ1) is 12.9. The molecule has 0 aliphatic carbocycles. The van der Waals surface area contributed by atoms with E-state index in [0.717, 1.165) is 16.8 Å². The maximum atomic E-state index is 14.2. The zero-order valence-corrected chi connectivity index (χ0v) is 15.7. The van der Waals surface area contributed by atoms with E-state index >= 15 is 0 Å². The summed E-state index contributed by atoms with van der Waals surface area (Å²) in [5.41, 5.74) is 1.36. The van der Waals surface area contributed by atoms with E-state index in [1.807, 2.05) is 13.0 Å². The Hall–Kier alpha value is -3.04. The van der Waals surface area contributed by atoms with Crippen molar-refractivity contribution in [2.24, 2.45) is 0 Å². The highest BCUT2D eigenvalue weighted by molar-refractivity contribution is 7.10. The average molecular weight is 405 g/mol. The van der Waals surface area contributed by atoms with Crippen LogP contribution < -0.4 is 16.0 Å². The third kappa shape index (κ3) is 4.78. The van der Waals surface area contributed by atoms with Crippen LogP contribution in [0.3, 0.4) is 0 Å². The van der Waals surface area contributed by atoms with Crippen LogP contribution >= 0.6 is 23.1 Å². The van der Waals surface area contributed by atoms with Crippen molar-refractivity contribution in [2.45, 2.75) is 6.92 Å². The maximum absolute atomic E-state index is 14.2. The molecule has 0 bridgehead atoms. The van der Waals surface area contributed by atoms with Gasteiger partial charge in [0.05, 0.1) is 17.6 Å². The first-order valence-electron chi connectivity index (χ1n) is 7.67. The molecule has 3 aromatic rings. The second-order valence-electron chi connectivity index (χ2n) is 5.36. The van der Waals surface area contributed by atoms with Gasteiger partial charge in [-0.3, -0.25) is 4.79 Å². The molecule has 0 fully saturated rings. The standard InChI is InChI=1S/C17H14ClFN6OS/c1-3-14(26)21-10-4-5-12(19)13(7-10)22-16-11(18)8-20-17(24-16)23-15-6-9(2)25-27-15/h3-8H,1H2,2H3,(H,21,26)(H2,20,22,23,24). The van der Waals surface area contributed by atoms with Gasteiger partial charge in [0, 0.05) is 5.69 Å². The number of hydrogen-bond donors (Lipinski definition) is 3. The molecule has 1 aromatic carbocycles. The molecular formula is C17H14ClFN6OS. The second kappa shape index (κ2) is 8.11. The van der Waals surface area contributed by atoms with Crippen LogP contribution in [0.4, 0.5) is 32.5 Å². The summed E-state index contributed by atoms with van der Waals surface area (Å²) in [6.07, 6.45) is 2.52. The lowest BCUT2D eigenvalue weighted by Crippen LogP contribution is -2.08. The van der Waals surface area contributed by atoms with E-state index in [-0.39, 0.29) is 22.5 Å². The molecule has 10 heteroatoms. The van der Waals surface area contributed by atoms with Gasteiger partial charge in [-0.15, -0.1) is 0 Å². The molecule has 2 aromatic heterocycles. The number of nitrogens with zero attached hydrogens (tertiary/aromatic N) is 3. The van der Waals surface area contributed by atoms with Crippen LogP contribution in [0.1, 0.15) is 5.69 Å². The van der Waals surface area contributed by atoms with Crippen molar-refractivity contribution in [1.82, 2.24) is 14.3 Å². The summed E-state index contributed by atoms with van der Waals surface area (Å²) >= 11 is 7.39. The van der Waals surface area contributed by atoms with Gasteiger partial charge in [0.2, 0.25) is 11.9 Å². The lowest BCUT2D eigenvalue weighted by atomic mass is 10.2. The van der Waals surface area contributed by atoms with Gasteiger partial charge in [-0.05, 0) is 48.8 Å². The number of anilines is 5. The second-order valence-corrected chi connectivity index (χ2v) is 6.57. The summed E-state index contributed by atoms with van der Waals surface area (Å²) in [7, 11) is 0. The third-order valence-corrected chi connectivity index (χ3v) is 4.35. The number of aryl methyl sites for hydroxylation is 1. The number of rotatable bonds is 6. The number of hydrogen-bond acceptors (Lipinski definition) is 7. The molecule has 0 radical (unpaired) electrons. The van der Waals surface area contributed by atoms with Crippen molar-refractivity contribution in [3.05, 3.63) is 59.7 Å². The molecule has 0 aliphatic heterocycles. The highest BCUT2D eigenvalue weighted by Gasteiger charge is 2.11. The van der Waals surface area contributed by atoms with Gasteiger partial charge in [-0.2, -0.15) is 9.36 Å². The van der Waals surface area contributed by atoms with Crippen LogP contribution in [0, 0.1) is 12.7 Å². The van der Waals surface area contributed by atoms with Crippen LogP contribution in [0.15, 0.2) is 43.1 Å². The van der Waals surface area contributed by atoms with Crippen molar-refractivity contribution in [3.8, 4) is 0 Å². The molecule has 138 valence electrons. The van der Waals surface area contributed by atoms with E-state index in [9.17, 15) is 9.18 Å². The Balaban J connectivity index is 1.84. The Labute approximate surface area is 163 Å². The number of carbonyl (C=O) groups is 1. The summed E-state index contributed by atoms with van der Waals surface area (Å²) in [5.74, 6) is -0.448. The van der Waals surface area contributed by atoms with Crippen molar-refractivity contribution in [1.29, 1.82) is 0 Å². The minimum absolute atomic E-state index is 0.0945. The zero-order chi connectivity index (χ0) is 19.4. The van der Waals surface area contributed by atoms with Gasteiger partial charge in [-0.1, -0.05) is 18.2 Å². The highest BCUT2D eigenvalue weighted by Crippen LogP contribution is 2.28. The minimum atomic E-state index is -0.533. The van der Waals surface area contributed by atoms with E-state index in [4.69, 9.17) is 11.6 Å². The fourth-order valence-electron chi connectivity index (χ4n) is 2.07. The van der Waals surface area contributed by atoms with Gasteiger partial charge in [0.1, 0.15) is 15.8 Å². The SMILES string of the molecule is C=CC(=O)Nc1ccc(F)c(Nc2nc(Nc3cc(C)ns3)ncc2Cl)c1. The van der Waals surface area contributed by atoms with Crippen molar-refractivity contribution < 1.29 is 9.18 Å². The number of benzene rings is 1. The van der Waals surface area contributed by atoms with Gasteiger partial charge in [0.25, 0.3) is 0 Å². The molecule has 0 unspecified atom stereocenters. The molecule has 2 heterocycles. The molecule has 27 heavy (non-hydrogen) atoms. The highest BCUT2D eigenvalue weighted by atomic mass is 35.5. The molecule has 0 saturated carbocycles. The minimum Gasteiger partial charge on any atom is -0.336 e. The first kappa shape index (κ1) is 18.7. The van der Waals surface area contributed by atoms with Crippen molar-refractivity contribution >= 4 is 57.2 Å². The number of aromatic nitrogens is 3. The molecule has 3 rings (SSSR count). The van der Waals surface area contributed by atoms with Gasteiger partial charge >= 0.3 is 0 Å². The molecular weight excluding hydrogens is 391 g/mol. The van der Waals surface area contributed by atoms with Crippen LogP contribution in [0.2, 0.25) is 5.02 Å². The lowest BCUT2D eigenvalue weighted by molar-refractivity contribution is -0.111. The van der Waals surface area contributed by atoms with E-state index in [0.29, 0.717) is 5.69 Å². The van der Waals surface area contributed by atoms with Crippen molar-refractivity contribution in [2.75, 3.05) is 16.0 Å². The van der Waals surface area contributed by atoms with E-state index in [2.05, 4.69) is 36.9 Å². The molecule has 7 nitrogen and oxygen atoms in total. The molecule has 3 N–H and O–H groups in total. The summed E-state index contributed by atoms with van der Waals surface area (Å²) < 4.78 is 18.3. The molecule has 0 aliphatic rings. The summed E-state index contributed by atoms with van der Waals surface area (Å²) in [6, 6.07) is 5.92. The lowest BCUT2D eigenvalue weighted by Gasteiger charge is -2.11. The van der Waals surface area contributed by atoms with Crippen LogP contribution in [-0.2, 0) is 4.79 Å². The molecule has 0 atom stereocenters. The first-order valence-corrected chi connectivity index (χ1v) is 8.82. The number of carbonyl (C=O) groups excluding carboxylic acids is 1. The Kier molecular flexibility index (Phi) is 5.63. The Bertz CT molecular complexity index is 1010. The molecule has 0 saturated heterocycles. The predicted octanol–water partition coefficient (Wildman–Crippen LogP) is 4.65. The zero-order valence-electron chi connectivity index (χ0n) is 14.1. The monoisotopic (exact) mass is 404 g/mol. The van der Waals surface area contributed by atoms with E-state index in [1.165, 1.54) is 35.9 Å². The summed E-state index contributed by atoms with van der Waals surface area (Å²) in [6.45, 7) is 5.25. The molecule has 0 spiro atoms. The predicted molar refractivity (Wildman–Crippen MR) is 106 cm³/mol. The fraction of sp³-hybridized carbons (Fsp3) is 0.0588. The van der Waals surface area contributed by atoms with Crippen LogP contribution in [0.5, 0.6) is 0 Å². The van der Waals surface area contributed by atoms with Gasteiger partial charge < -0.3 is 16.0 Å². The van der Waals surface area contributed by atoms with Gasteiger partial charge in [-0.25, -0.2) is 9.37 Å². The quantitative estimate of drug-likeness (QED) is 0.518. The number of amides is 1. The summed E-state index contributed by atoms with van der Waals surface area (Å²) in [5, 5.41) is 9.36. The largest absolute Gasteiger partial charge is 0.336 e. The average Bonchev–Trinajstić information content (AvgIpc) is 3.05. The van der Waals surface area contributed by atoms with E-state index < -0.39 is 11.7 Å². The van der Waals surface area contributed by atoms with Crippen molar-refractivity contribution in [3.63, 3.8) is 0 Å². The van der Waals surface area contributed by atoms with Crippen LogP contribution in [0.25, 0.3) is 0 Å². The Morgan fingerprint density at radius 1 is 1.33 bits per heavy atom. The topological polar surface area (TPSA) is 91.8 Å². The summed E-state index contributed by atoms with van der Waals surface area (Å²) in [4.78, 5) is 19.8. The van der Waals surface area contributed by atoms with E-state index in [1.54, 1.807) is 0 Å². The Morgan fingerprint density at radius 3 is 2.85 bits per heavy atom. The smallest absolute Gasteiger partial charge is 0.247 e. The normalized spacial score (nSPS) is 10.3. The fourth-order valence-corrected chi connectivity index (χ4v) is 2.86.